The number of amides is 1. The molecule has 1 fully saturated rings. The van der Waals surface area contributed by atoms with Crippen molar-refractivity contribution in [1.82, 2.24) is 14.8 Å². The lowest BCUT2D eigenvalue weighted by Gasteiger charge is -2.26. The molecule has 1 amide bonds. The number of nitrogens with one attached hydrogen (secondary N) is 1. The van der Waals surface area contributed by atoms with E-state index in [2.05, 4.69) is 22.3 Å². The van der Waals surface area contributed by atoms with Gasteiger partial charge in [-0.3, -0.25) is 9.69 Å². The average molecular weight is 552 g/mol. The van der Waals surface area contributed by atoms with Crippen LogP contribution in [-0.2, 0) is 24.4 Å². The van der Waals surface area contributed by atoms with Crippen molar-refractivity contribution in [2.24, 2.45) is 0 Å². The highest BCUT2D eigenvalue weighted by atomic mass is 16.6. The molecule has 0 radical (unpaired) electrons. The topological polar surface area (TPSA) is 83.8 Å². The summed E-state index contributed by atoms with van der Waals surface area (Å²) in [4.78, 5) is 29.4. The van der Waals surface area contributed by atoms with E-state index in [4.69, 9.17) is 4.74 Å². The van der Waals surface area contributed by atoms with Crippen LogP contribution in [0.5, 0.6) is 0 Å². The summed E-state index contributed by atoms with van der Waals surface area (Å²) >= 11 is 0. The number of likely N-dealkylation sites (tertiary alicyclic amines) is 1. The Morgan fingerprint density at radius 1 is 0.927 bits per heavy atom. The summed E-state index contributed by atoms with van der Waals surface area (Å²) in [5.74, 6) is -0.157. The van der Waals surface area contributed by atoms with E-state index in [1.165, 1.54) is 24.8 Å². The SMILES string of the molecule is CC(C)(C)OC(=O)n1c(-c2ccc(-c3ccc(CO)cc3)c3c2C(=O)NC3)cc2cc(CN3CCCCC3)ccc21. The van der Waals surface area contributed by atoms with Crippen molar-refractivity contribution in [3.8, 4) is 22.4 Å². The molecule has 7 heteroatoms. The van der Waals surface area contributed by atoms with Gasteiger partial charge in [0.1, 0.15) is 5.60 Å². The number of aliphatic hydroxyl groups excluding tert-OH is 1. The van der Waals surface area contributed by atoms with Gasteiger partial charge < -0.3 is 15.2 Å². The van der Waals surface area contributed by atoms with Crippen molar-refractivity contribution in [2.45, 2.75) is 65.3 Å². The maximum atomic E-state index is 13.7. The van der Waals surface area contributed by atoms with E-state index < -0.39 is 11.7 Å². The van der Waals surface area contributed by atoms with Gasteiger partial charge in [0.05, 0.1) is 23.4 Å². The summed E-state index contributed by atoms with van der Waals surface area (Å²) in [7, 11) is 0. The van der Waals surface area contributed by atoms with Gasteiger partial charge in [-0.25, -0.2) is 9.36 Å². The maximum absolute atomic E-state index is 13.7. The lowest BCUT2D eigenvalue weighted by atomic mass is 9.92. The second-order valence-electron chi connectivity index (χ2n) is 12.1. The number of rotatable bonds is 5. The summed E-state index contributed by atoms with van der Waals surface area (Å²) in [5, 5.41) is 13.4. The van der Waals surface area contributed by atoms with E-state index in [9.17, 15) is 14.7 Å². The number of carbonyl (C=O) groups excluding carboxylic acids is 2. The Hall–Kier alpha value is -3.94. The molecular weight excluding hydrogens is 514 g/mol. The highest BCUT2D eigenvalue weighted by Gasteiger charge is 2.30. The lowest BCUT2D eigenvalue weighted by molar-refractivity contribution is 0.0547. The summed E-state index contributed by atoms with van der Waals surface area (Å²) in [6, 6.07) is 19.9. The first-order valence-corrected chi connectivity index (χ1v) is 14.5. The zero-order valence-corrected chi connectivity index (χ0v) is 24.0. The molecule has 2 aliphatic heterocycles. The Morgan fingerprint density at radius 2 is 1.63 bits per heavy atom. The fraction of sp³-hybridized carbons (Fsp3) is 0.353. The maximum Gasteiger partial charge on any atom is 0.419 e. The molecule has 4 aromatic rings. The van der Waals surface area contributed by atoms with Crippen LogP contribution in [-0.4, -0.2) is 45.3 Å². The Balaban J connectivity index is 1.48. The second kappa shape index (κ2) is 10.8. The molecule has 0 spiro atoms. The molecule has 41 heavy (non-hydrogen) atoms. The number of aromatic nitrogens is 1. The van der Waals surface area contributed by atoms with Crippen molar-refractivity contribution in [3.63, 3.8) is 0 Å². The molecule has 7 nitrogen and oxygen atoms in total. The van der Waals surface area contributed by atoms with Crippen molar-refractivity contribution >= 4 is 22.9 Å². The zero-order valence-electron chi connectivity index (χ0n) is 24.0. The van der Waals surface area contributed by atoms with Gasteiger partial charge in [-0.1, -0.05) is 48.9 Å². The van der Waals surface area contributed by atoms with Crippen molar-refractivity contribution in [3.05, 3.63) is 82.9 Å². The van der Waals surface area contributed by atoms with Crippen LogP contribution < -0.4 is 5.32 Å². The Bertz CT molecular complexity index is 1620. The summed E-state index contributed by atoms with van der Waals surface area (Å²) in [6.07, 6.45) is 3.29. The van der Waals surface area contributed by atoms with E-state index in [1.807, 2.05) is 69.3 Å². The van der Waals surface area contributed by atoms with Crippen LogP contribution in [0.1, 0.15) is 67.1 Å². The number of fused-ring (bicyclic) bond motifs is 2. The van der Waals surface area contributed by atoms with Gasteiger partial charge in [0.15, 0.2) is 0 Å². The third-order valence-electron chi connectivity index (χ3n) is 7.99. The number of nitrogens with zero attached hydrogens (tertiary/aromatic N) is 2. The summed E-state index contributed by atoms with van der Waals surface area (Å²) < 4.78 is 7.47. The molecule has 0 unspecified atom stereocenters. The van der Waals surface area contributed by atoms with Crippen LogP contribution in [0, 0.1) is 0 Å². The summed E-state index contributed by atoms with van der Waals surface area (Å²) in [5.41, 5.74) is 6.86. The van der Waals surface area contributed by atoms with E-state index >= 15 is 0 Å². The van der Waals surface area contributed by atoms with Crippen LogP contribution >= 0.6 is 0 Å². The number of hydrogen-bond acceptors (Lipinski definition) is 5. The Kier molecular flexibility index (Phi) is 7.18. The molecule has 1 aromatic heterocycles. The van der Waals surface area contributed by atoms with Gasteiger partial charge in [-0.05, 0) is 92.7 Å². The number of hydrogen-bond donors (Lipinski definition) is 2. The van der Waals surface area contributed by atoms with E-state index in [0.29, 0.717) is 23.4 Å². The van der Waals surface area contributed by atoms with Gasteiger partial charge in [0.25, 0.3) is 5.91 Å². The molecule has 1 saturated heterocycles. The van der Waals surface area contributed by atoms with Gasteiger partial charge >= 0.3 is 6.09 Å². The minimum absolute atomic E-state index is 0.0215. The minimum Gasteiger partial charge on any atom is -0.443 e. The molecule has 2 N–H and O–H groups in total. The van der Waals surface area contributed by atoms with Gasteiger partial charge in [0, 0.05) is 24.0 Å². The molecule has 3 heterocycles. The Labute approximate surface area is 240 Å². The van der Waals surface area contributed by atoms with E-state index in [0.717, 1.165) is 52.8 Å². The molecule has 212 valence electrons. The molecule has 0 atom stereocenters. The van der Waals surface area contributed by atoms with Crippen LogP contribution in [0.4, 0.5) is 4.79 Å². The fourth-order valence-electron chi connectivity index (χ4n) is 6.06. The third-order valence-corrected chi connectivity index (χ3v) is 7.99. The highest BCUT2D eigenvalue weighted by Crippen LogP contribution is 2.39. The molecule has 0 saturated carbocycles. The number of aliphatic hydroxyl groups is 1. The van der Waals surface area contributed by atoms with E-state index in [1.54, 1.807) is 4.57 Å². The van der Waals surface area contributed by atoms with Crippen molar-refractivity contribution in [1.29, 1.82) is 0 Å². The Morgan fingerprint density at radius 3 is 2.34 bits per heavy atom. The molecule has 2 aliphatic rings. The standard InChI is InChI=1S/C34H37N3O4/c1-34(2,3)41-33(40)37-29-14-9-23(20-36-15-5-4-6-16-36)17-25(29)18-30(37)27-13-12-26(28-19-35-32(39)31(27)28)24-10-7-22(21-38)8-11-24/h7-14,17-18,38H,4-6,15-16,19-21H2,1-3H3,(H,35,39). The molecule has 0 aliphatic carbocycles. The predicted octanol–water partition coefficient (Wildman–Crippen LogP) is 6.48. The molecule has 0 bridgehead atoms. The van der Waals surface area contributed by atoms with Crippen LogP contribution in [0.15, 0.2) is 60.7 Å². The van der Waals surface area contributed by atoms with E-state index in [-0.39, 0.29) is 12.5 Å². The minimum atomic E-state index is -0.678. The average Bonchev–Trinajstić information content (AvgIpc) is 3.53. The summed E-state index contributed by atoms with van der Waals surface area (Å²) in [6.45, 7) is 9.05. The van der Waals surface area contributed by atoms with Crippen LogP contribution in [0.2, 0.25) is 0 Å². The monoisotopic (exact) mass is 551 g/mol. The molecule has 3 aromatic carbocycles. The van der Waals surface area contributed by atoms with Crippen molar-refractivity contribution in [2.75, 3.05) is 13.1 Å². The molecule has 6 rings (SSSR count). The number of piperidine rings is 1. The van der Waals surface area contributed by atoms with Gasteiger partial charge in [-0.2, -0.15) is 0 Å². The molecular formula is C34H37N3O4. The second-order valence-corrected chi connectivity index (χ2v) is 12.1. The third kappa shape index (κ3) is 5.39. The largest absolute Gasteiger partial charge is 0.443 e. The quantitative estimate of drug-likeness (QED) is 0.297. The number of ether oxygens (including phenoxy) is 1. The van der Waals surface area contributed by atoms with Crippen molar-refractivity contribution < 1.29 is 19.4 Å². The smallest absolute Gasteiger partial charge is 0.419 e. The predicted molar refractivity (Wildman–Crippen MR) is 161 cm³/mol. The first-order chi connectivity index (χ1) is 19.7. The first kappa shape index (κ1) is 27.2. The number of carbonyl (C=O) groups is 2. The lowest BCUT2D eigenvalue weighted by Crippen LogP contribution is -2.29. The fourth-order valence-corrected chi connectivity index (χ4v) is 6.06. The van der Waals surface area contributed by atoms with Crippen LogP contribution in [0.25, 0.3) is 33.3 Å². The zero-order chi connectivity index (χ0) is 28.7. The van der Waals surface area contributed by atoms with Gasteiger partial charge in [0.2, 0.25) is 0 Å². The first-order valence-electron chi connectivity index (χ1n) is 14.5. The van der Waals surface area contributed by atoms with Crippen LogP contribution in [0.3, 0.4) is 0 Å². The number of benzene rings is 3. The normalized spacial score (nSPS) is 15.7. The highest BCUT2D eigenvalue weighted by molar-refractivity contribution is 6.08. The van der Waals surface area contributed by atoms with Gasteiger partial charge in [-0.15, -0.1) is 0 Å².